The van der Waals surface area contributed by atoms with E-state index in [1.165, 1.54) is 23.1 Å². The SMILES string of the molecule is CC[C@H](C)NC(=O)CSCc1nnc(C(=O)Nc2ccc(OC)cc2)s1. The smallest absolute Gasteiger partial charge is 0.286 e. The Kier molecular flexibility index (Phi) is 7.86. The van der Waals surface area contributed by atoms with Crippen LogP contribution >= 0.6 is 23.1 Å². The molecule has 0 spiro atoms. The molecule has 0 aliphatic rings. The minimum Gasteiger partial charge on any atom is -0.497 e. The van der Waals surface area contributed by atoms with Gasteiger partial charge in [0, 0.05) is 17.5 Å². The third-order valence-corrected chi connectivity index (χ3v) is 5.54. The molecule has 2 amide bonds. The fourth-order valence-corrected chi connectivity index (χ4v) is 3.53. The molecule has 26 heavy (non-hydrogen) atoms. The zero-order valence-corrected chi connectivity index (χ0v) is 16.6. The molecule has 2 N–H and O–H groups in total. The van der Waals surface area contributed by atoms with E-state index in [4.69, 9.17) is 4.74 Å². The molecule has 0 aliphatic heterocycles. The van der Waals surface area contributed by atoms with E-state index in [9.17, 15) is 9.59 Å². The van der Waals surface area contributed by atoms with Crippen LogP contribution in [0.25, 0.3) is 0 Å². The van der Waals surface area contributed by atoms with Crippen molar-refractivity contribution in [2.24, 2.45) is 0 Å². The Morgan fingerprint density at radius 1 is 1.27 bits per heavy atom. The van der Waals surface area contributed by atoms with Crippen LogP contribution in [0.1, 0.15) is 35.1 Å². The minimum absolute atomic E-state index is 0.00587. The summed E-state index contributed by atoms with van der Waals surface area (Å²) in [5.74, 6) is 1.32. The van der Waals surface area contributed by atoms with Crippen LogP contribution in [0.2, 0.25) is 0 Å². The number of hydrogen-bond acceptors (Lipinski definition) is 7. The molecule has 140 valence electrons. The lowest BCUT2D eigenvalue weighted by Gasteiger charge is -2.10. The Labute approximate surface area is 160 Å². The normalized spacial score (nSPS) is 11.7. The Bertz CT molecular complexity index is 734. The molecule has 0 saturated heterocycles. The Hall–Kier alpha value is -2.13. The molecule has 0 fully saturated rings. The average Bonchev–Trinajstić information content (AvgIpc) is 3.11. The lowest BCUT2D eigenvalue weighted by atomic mass is 10.3. The van der Waals surface area contributed by atoms with Gasteiger partial charge in [-0.1, -0.05) is 18.3 Å². The van der Waals surface area contributed by atoms with E-state index in [1.54, 1.807) is 31.4 Å². The summed E-state index contributed by atoms with van der Waals surface area (Å²) in [5, 5.41) is 14.6. The van der Waals surface area contributed by atoms with Crippen molar-refractivity contribution in [3.8, 4) is 5.75 Å². The van der Waals surface area contributed by atoms with E-state index in [2.05, 4.69) is 20.8 Å². The van der Waals surface area contributed by atoms with Crippen LogP contribution in [0.3, 0.4) is 0 Å². The minimum atomic E-state index is -0.307. The summed E-state index contributed by atoms with van der Waals surface area (Å²) in [4.78, 5) is 23.9. The van der Waals surface area contributed by atoms with Gasteiger partial charge in [0.15, 0.2) is 0 Å². The van der Waals surface area contributed by atoms with E-state index in [1.807, 2.05) is 13.8 Å². The fraction of sp³-hybridized carbons (Fsp3) is 0.412. The number of nitrogens with zero attached hydrogens (tertiary/aromatic N) is 2. The molecule has 1 heterocycles. The highest BCUT2D eigenvalue weighted by Crippen LogP contribution is 2.19. The summed E-state index contributed by atoms with van der Waals surface area (Å²) >= 11 is 2.68. The molecule has 2 aromatic rings. The van der Waals surface area contributed by atoms with E-state index in [0.29, 0.717) is 27.2 Å². The maximum absolute atomic E-state index is 12.2. The van der Waals surface area contributed by atoms with Gasteiger partial charge in [0.05, 0.1) is 12.9 Å². The fourth-order valence-electron chi connectivity index (χ4n) is 1.91. The summed E-state index contributed by atoms with van der Waals surface area (Å²) in [7, 11) is 1.59. The number of hydrogen-bond donors (Lipinski definition) is 2. The number of rotatable bonds is 9. The number of aromatic nitrogens is 2. The highest BCUT2D eigenvalue weighted by Gasteiger charge is 2.14. The van der Waals surface area contributed by atoms with E-state index in [-0.39, 0.29) is 17.9 Å². The molecule has 9 heteroatoms. The summed E-state index contributed by atoms with van der Waals surface area (Å²) in [6.07, 6.45) is 0.902. The Morgan fingerprint density at radius 2 is 2.00 bits per heavy atom. The van der Waals surface area contributed by atoms with Gasteiger partial charge in [0.2, 0.25) is 10.9 Å². The average molecular weight is 395 g/mol. The van der Waals surface area contributed by atoms with Crippen molar-refractivity contribution in [3.63, 3.8) is 0 Å². The number of carbonyl (C=O) groups is 2. The highest BCUT2D eigenvalue weighted by molar-refractivity contribution is 7.99. The van der Waals surface area contributed by atoms with Crippen molar-refractivity contribution in [2.75, 3.05) is 18.2 Å². The Morgan fingerprint density at radius 3 is 2.65 bits per heavy atom. The van der Waals surface area contributed by atoms with Gasteiger partial charge in [-0.05, 0) is 37.6 Å². The van der Waals surface area contributed by atoms with Crippen molar-refractivity contribution < 1.29 is 14.3 Å². The molecule has 7 nitrogen and oxygen atoms in total. The van der Waals surface area contributed by atoms with Crippen molar-refractivity contribution in [1.82, 2.24) is 15.5 Å². The molecule has 0 bridgehead atoms. The lowest BCUT2D eigenvalue weighted by molar-refractivity contribution is -0.119. The van der Waals surface area contributed by atoms with Crippen LogP contribution in [-0.4, -0.2) is 40.9 Å². The number of benzene rings is 1. The van der Waals surface area contributed by atoms with Gasteiger partial charge in [-0.25, -0.2) is 0 Å². The van der Waals surface area contributed by atoms with Crippen LogP contribution < -0.4 is 15.4 Å². The van der Waals surface area contributed by atoms with E-state index in [0.717, 1.165) is 12.2 Å². The monoisotopic (exact) mass is 394 g/mol. The van der Waals surface area contributed by atoms with E-state index < -0.39 is 0 Å². The molecule has 0 radical (unpaired) electrons. The molecule has 0 saturated carbocycles. The Balaban J connectivity index is 1.80. The van der Waals surface area contributed by atoms with Crippen LogP contribution in [0.5, 0.6) is 5.75 Å². The lowest BCUT2D eigenvalue weighted by Crippen LogP contribution is -2.33. The predicted molar refractivity (Wildman–Crippen MR) is 105 cm³/mol. The first-order valence-corrected chi connectivity index (χ1v) is 10.1. The van der Waals surface area contributed by atoms with Gasteiger partial charge in [-0.3, -0.25) is 9.59 Å². The molecule has 0 unspecified atom stereocenters. The van der Waals surface area contributed by atoms with E-state index >= 15 is 0 Å². The van der Waals surface area contributed by atoms with Gasteiger partial charge in [-0.2, -0.15) is 0 Å². The first-order chi connectivity index (χ1) is 12.5. The number of methoxy groups -OCH3 is 1. The summed E-state index contributed by atoms with van der Waals surface area (Å²) < 4.78 is 5.08. The topological polar surface area (TPSA) is 93.2 Å². The van der Waals surface area contributed by atoms with Crippen molar-refractivity contribution in [2.45, 2.75) is 32.1 Å². The number of anilines is 1. The number of thioether (sulfide) groups is 1. The maximum Gasteiger partial charge on any atom is 0.286 e. The quantitative estimate of drug-likeness (QED) is 0.679. The second-order valence-electron chi connectivity index (χ2n) is 5.55. The van der Waals surface area contributed by atoms with Crippen LogP contribution in [0.4, 0.5) is 5.69 Å². The van der Waals surface area contributed by atoms with Crippen molar-refractivity contribution in [1.29, 1.82) is 0 Å². The van der Waals surface area contributed by atoms with Gasteiger partial charge < -0.3 is 15.4 Å². The van der Waals surface area contributed by atoms with Gasteiger partial charge in [0.25, 0.3) is 5.91 Å². The van der Waals surface area contributed by atoms with Crippen LogP contribution in [-0.2, 0) is 10.5 Å². The van der Waals surface area contributed by atoms with Crippen molar-refractivity contribution in [3.05, 3.63) is 34.3 Å². The molecule has 0 aliphatic carbocycles. The summed E-state index contributed by atoms with van der Waals surface area (Å²) in [6, 6.07) is 7.22. The third kappa shape index (κ3) is 6.30. The standard InChI is InChI=1S/C17H22N4O3S2/c1-4-11(2)18-14(22)9-25-10-15-20-21-17(26-15)16(23)19-12-5-7-13(24-3)8-6-12/h5-8,11H,4,9-10H2,1-3H3,(H,18,22)(H,19,23)/t11-/m0/s1. The third-order valence-electron chi connectivity index (χ3n) is 3.49. The number of nitrogens with one attached hydrogen (secondary N) is 2. The molecular weight excluding hydrogens is 372 g/mol. The summed E-state index contributed by atoms with van der Waals surface area (Å²) in [5.41, 5.74) is 0.656. The van der Waals surface area contributed by atoms with Gasteiger partial charge >= 0.3 is 0 Å². The van der Waals surface area contributed by atoms with Gasteiger partial charge in [0.1, 0.15) is 10.8 Å². The van der Waals surface area contributed by atoms with Crippen molar-refractivity contribution >= 4 is 40.6 Å². The summed E-state index contributed by atoms with van der Waals surface area (Å²) in [6.45, 7) is 4.00. The van der Waals surface area contributed by atoms with Gasteiger partial charge in [-0.15, -0.1) is 22.0 Å². The highest BCUT2D eigenvalue weighted by atomic mass is 32.2. The van der Waals surface area contributed by atoms with Crippen LogP contribution in [0, 0.1) is 0 Å². The number of ether oxygens (including phenoxy) is 1. The first-order valence-electron chi connectivity index (χ1n) is 8.16. The molecule has 1 aromatic carbocycles. The number of carbonyl (C=O) groups excluding carboxylic acids is 2. The predicted octanol–water partition coefficient (Wildman–Crippen LogP) is 2.95. The van der Waals surface area contributed by atoms with Crippen LogP contribution in [0.15, 0.2) is 24.3 Å². The molecular formula is C17H22N4O3S2. The largest absolute Gasteiger partial charge is 0.497 e. The first kappa shape index (κ1) is 20.2. The molecule has 2 rings (SSSR count). The second-order valence-corrected chi connectivity index (χ2v) is 7.60. The zero-order chi connectivity index (χ0) is 18.9. The zero-order valence-electron chi connectivity index (χ0n) is 14.9. The maximum atomic E-state index is 12.2. The second kappa shape index (κ2) is 10.1. The number of amides is 2. The molecule has 1 atom stereocenters. The molecule has 1 aromatic heterocycles.